The van der Waals surface area contributed by atoms with Crippen molar-refractivity contribution in [2.24, 2.45) is 0 Å². The van der Waals surface area contributed by atoms with E-state index in [1.165, 1.54) is 0 Å². The predicted molar refractivity (Wildman–Crippen MR) is 87.3 cm³/mol. The highest BCUT2D eigenvalue weighted by Gasteiger charge is 2.30. The van der Waals surface area contributed by atoms with Crippen LogP contribution in [0.15, 0.2) is 24.3 Å². The van der Waals surface area contributed by atoms with Crippen LogP contribution in [0.4, 0.5) is 0 Å². The molecule has 0 spiro atoms. The summed E-state index contributed by atoms with van der Waals surface area (Å²) in [7, 11) is 0. The van der Waals surface area contributed by atoms with Gasteiger partial charge in [0.25, 0.3) is 0 Å². The third kappa shape index (κ3) is 3.12. The van der Waals surface area contributed by atoms with Gasteiger partial charge in [0, 0.05) is 25.4 Å². The number of hydrogen-bond acceptors (Lipinski definition) is 4. The number of benzene rings is 1. The quantitative estimate of drug-likeness (QED) is 0.799. The van der Waals surface area contributed by atoms with Crippen molar-refractivity contribution in [1.29, 1.82) is 0 Å². The normalized spacial score (nSPS) is 17.8. The lowest BCUT2D eigenvalue weighted by atomic mass is 10.1. The standard InChI is InChI=1S/C17H18ClN3O2/c18-15-16(11-3-4-11)20-21-17(15)14(22)7-10-1-5-12(6-2-10)23-13-8-19-9-13/h1-2,5-6,11,13,19H,3-4,7-9H2,(H,20,21). The van der Waals surface area contributed by atoms with Crippen molar-refractivity contribution < 1.29 is 9.53 Å². The Bertz CT molecular complexity index is 718. The first-order valence-electron chi connectivity index (χ1n) is 7.94. The third-order valence-corrected chi connectivity index (χ3v) is 4.70. The van der Waals surface area contributed by atoms with Crippen LogP contribution in [0.1, 0.15) is 40.5 Å². The van der Waals surface area contributed by atoms with Crippen molar-refractivity contribution in [2.75, 3.05) is 13.1 Å². The topological polar surface area (TPSA) is 67.0 Å². The molecule has 6 heteroatoms. The fourth-order valence-corrected chi connectivity index (χ4v) is 3.01. The molecule has 1 aliphatic carbocycles. The van der Waals surface area contributed by atoms with Crippen LogP contribution in [0.5, 0.6) is 5.75 Å². The number of halogens is 1. The van der Waals surface area contributed by atoms with Crippen LogP contribution in [-0.2, 0) is 6.42 Å². The lowest BCUT2D eigenvalue weighted by Gasteiger charge is -2.27. The van der Waals surface area contributed by atoms with Gasteiger partial charge in [-0.2, -0.15) is 5.10 Å². The molecule has 0 amide bonds. The minimum absolute atomic E-state index is 0.0602. The summed E-state index contributed by atoms with van der Waals surface area (Å²) in [6, 6.07) is 7.65. The largest absolute Gasteiger partial charge is 0.488 e. The van der Waals surface area contributed by atoms with Crippen molar-refractivity contribution in [3.8, 4) is 5.75 Å². The average molecular weight is 332 g/mol. The molecule has 120 valence electrons. The maximum absolute atomic E-state index is 12.4. The molecule has 5 nitrogen and oxygen atoms in total. The van der Waals surface area contributed by atoms with E-state index >= 15 is 0 Å². The molecular weight excluding hydrogens is 314 g/mol. The van der Waals surface area contributed by atoms with Gasteiger partial charge in [-0.3, -0.25) is 9.89 Å². The summed E-state index contributed by atoms with van der Waals surface area (Å²) >= 11 is 6.28. The smallest absolute Gasteiger partial charge is 0.188 e. The SMILES string of the molecule is O=C(Cc1ccc(OC2CNC2)cc1)c1n[nH]c(C2CC2)c1Cl. The highest BCUT2D eigenvalue weighted by Crippen LogP contribution is 2.42. The molecule has 2 heterocycles. The molecule has 1 aromatic heterocycles. The average Bonchev–Trinajstić information content (AvgIpc) is 3.27. The molecule has 2 N–H and O–H groups in total. The summed E-state index contributed by atoms with van der Waals surface area (Å²) in [5.41, 5.74) is 2.20. The first-order valence-corrected chi connectivity index (χ1v) is 8.32. The van der Waals surface area contributed by atoms with Crippen LogP contribution < -0.4 is 10.1 Å². The Kier molecular flexibility index (Phi) is 3.83. The van der Waals surface area contributed by atoms with E-state index in [1.54, 1.807) is 0 Å². The Morgan fingerprint density at radius 2 is 2.00 bits per heavy atom. The second-order valence-electron chi connectivity index (χ2n) is 6.22. The lowest BCUT2D eigenvalue weighted by Crippen LogP contribution is -2.50. The number of hydrogen-bond donors (Lipinski definition) is 2. The zero-order valence-electron chi connectivity index (χ0n) is 12.6. The second-order valence-corrected chi connectivity index (χ2v) is 6.59. The molecule has 0 bridgehead atoms. The fraction of sp³-hybridized carbons (Fsp3) is 0.412. The van der Waals surface area contributed by atoms with E-state index in [0.717, 1.165) is 42.9 Å². The number of aromatic nitrogens is 2. The Labute approximate surface area is 139 Å². The van der Waals surface area contributed by atoms with Gasteiger partial charge in [0.05, 0.1) is 10.7 Å². The van der Waals surface area contributed by atoms with E-state index in [-0.39, 0.29) is 11.9 Å². The highest BCUT2D eigenvalue weighted by molar-refractivity contribution is 6.34. The summed E-state index contributed by atoms with van der Waals surface area (Å²) < 4.78 is 5.76. The van der Waals surface area contributed by atoms with Crippen molar-refractivity contribution in [3.05, 3.63) is 46.2 Å². The summed E-state index contributed by atoms with van der Waals surface area (Å²) in [4.78, 5) is 12.4. The summed E-state index contributed by atoms with van der Waals surface area (Å²) in [5.74, 6) is 1.23. The van der Waals surface area contributed by atoms with Crippen LogP contribution in [0.2, 0.25) is 5.02 Å². The number of Topliss-reactive ketones (excluding diaryl/α,β-unsaturated/α-hetero) is 1. The van der Waals surface area contributed by atoms with Gasteiger partial charge in [-0.15, -0.1) is 0 Å². The molecule has 1 saturated heterocycles. The van der Waals surface area contributed by atoms with Gasteiger partial charge in [0.2, 0.25) is 0 Å². The van der Waals surface area contributed by atoms with Gasteiger partial charge in [-0.1, -0.05) is 23.7 Å². The van der Waals surface area contributed by atoms with Gasteiger partial charge >= 0.3 is 0 Å². The molecular formula is C17H18ClN3O2. The van der Waals surface area contributed by atoms with E-state index in [1.807, 2.05) is 24.3 Å². The minimum Gasteiger partial charge on any atom is -0.488 e. The highest BCUT2D eigenvalue weighted by atomic mass is 35.5. The molecule has 4 rings (SSSR count). The number of carbonyl (C=O) groups excluding carboxylic acids is 1. The monoisotopic (exact) mass is 331 g/mol. The zero-order chi connectivity index (χ0) is 15.8. The fourth-order valence-electron chi connectivity index (χ4n) is 2.66. The van der Waals surface area contributed by atoms with Crippen LogP contribution in [0.3, 0.4) is 0 Å². The van der Waals surface area contributed by atoms with Crippen molar-refractivity contribution in [2.45, 2.75) is 31.3 Å². The Morgan fingerprint density at radius 1 is 1.26 bits per heavy atom. The number of carbonyl (C=O) groups is 1. The Hall–Kier alpha value is -1.85. The molecule has 2 aromatic rings. The Balaban J connectivity index is 1.41. The first kappa shape index (κ1) is 14.7. The van der Waals surface area contributed by atoms with Gasteiger partial charge in [0.1, 0.15) is 17.5 Å². The number of H-pyrrole nitrogens is 1. The number of nitrogens with zero attached hydrogens (tertiary/aromatic N) is 1. The van der Waals surface area contributed by atoms with Crippen LogP contribution >= 0.6 is 11.6 Å². The van der Waals surface area contributed by atoms with Crippen molar-refractivity contribution in [3.63, 3.8) is 0 Å². The van der Waals surface area contributed by atoms with E-state index < -0.39 is 0 Å². The van der Waals surface area contributed by atoms with Crippen molar-refractivity contribution in [1.82, 2.24) is 15.5 Å². The lowest BCUT2D eigenvalue weighted by molar-refractivity contribution is 0.0988. The number of nitrogens with one attached hydrogen (secondary N) is 2. The second kappa shape index (κ2) is 5.98. The zero-order valence-corrected chi connectivity index (χ0v) is 13.4. The summed E-state index contributed by atoms with van der Waals surface area (Å²) in [5, 5.41) is 10.7. The molecule has 0 radical (unpaired) electrons. The van der Waals surface area contributed by atoms with Crippen LogP contribution in [-0.4, -0.2) is 35.2 Å². The molecule has 1 aromatic carbocycles. The molecule has 0 unspecified atom stereocenters. The van der Waals surface area contributed by atoms with E-state index in [9.17, 15) is 4.79 Å². The maximum atomic E-state index is 12.4. The van der Waals surface area contributed by atoms with Gasteiger partial charge in [-0.05, 0) is 30.5 Å². The van der Waals surface area contributed by atoms with Crippen LogP contribution in [0.25, 0.3) is 0 Å². The first-order chi connectivity index (χ1) is 11.2. The molecule has 23 heavy (non-hydrogen) atoms. The number of ketones is 1. The number of aromatic amines is 1. The molecule has 0 atom stereocenters. The van der Waals surface area contributed by atoms with Gasteiger partial charge in [-0.25, -0.2) is 0 Å². The predicted octanol–water partition coefficient (Wildman–Crippen LogP) is 2.72. The van der Waals surface area contributed by atoms with E-state index in [2.05, 4.69) is 15.5 Å². The summed E-state index contributed by atoms with van der Waals surface area (Å²) in [6.07, 6.45) is 2.78. The van der Waals surface area contributed by atoms with Crippen LogP contribution in [0, 0.1) is 0 Å². The molecule has 2 aliphatic rings. The molecule has 1 saturated carbocycles. The van der Waals surface area contributed by atoms with Crippen molar-refractivity contribution >= 4 is 17.4 Å². The van der Waals surface area contributed by atoms with E-state index in [0.29, 0.717) is 23.1 Å². The molecule has 1 aliphatic heterocycles. The minimum atomic E-state index is -0.0602. The summed E-state index contributed by atoms with van der Waals surface area (Å²) in [6.45, 7) is 1.78. The molecule has 2 fully saturated rings. The number of ether oxygens (including phenoxy) is 1. The number of rotatable bonds is 6. The third-order valence-electron chi connectivity index (χ3n) is 4.32. The van der Waals surface area contributed by atoms with Gasteiger partial charge < -0.3 is 10.1 Å². The van der Waals surface area contributed by atoms with Gasteiger partial charge in [0.15, 0.2) is 5.78 Å². The maximum Gasteiger partial charge on any atom is 0.188 e. The van der Waals surface area contributed by atoms with E-state index in [4.69, 9.17) is 16.3 Å². The Morgan fingerprint density at radius 3 is 2.61 bits per heavy atom.